The summed E-state index contributed by atoms with van der Waals surface area (Å²) >= 11 is 5.79. The van der Waals surface area contributed by atoms with Crippen LogP contribution >= 0.6 is 11.6 Å². The topological polar surface area (TPSA) is 20.3 Å². The van der Waals surface area contributed by atoms with Crippen molar-refractivity contribution in [3.05, 3.63) is 58.7 Å². The molecular weight excluding hydrogens is 234 g/mol. The van der Waals surface area contributed by atoms with E-state index >= 15 is 0 Å². The largest absolute Gasteiger partial charge is 0.332 e. The van der Waals surface area contributed by atoms with Gasteiger partial charge in [0.2, 0.25) is 0 Å². The first-order valence-corrected chi connectivity index (χ1v) is 5.81. The van der Waals surface area contributed by atoms with Crippen molar-refractivity contribution in [2.45, 2.75) is 12.8 Å². The molecule has 1 aliphatic heterocycles. The normalized spacial score (nSPS) is 12.4. The lowest BCUT2D eigenvalue weighted by atomic mass is 10.1. The van der Waals surface area contributed by atoms with E-state index in [1.807, 2.05) is 24.3 Å². The molecule has 1 aromatic carbocycles. The van der Waals surface area contributed by atoms with Gasteiger partial charge in [0, 0.05) is 11.4 Å². The van der Waals surface area contributed by atoms with Gasteiger partial charge in [0.05, 0.1) is 18.9 Å². The van der Waals surface area contributed by atoms with Gasteiger partial charge in [-0.05, 0) is 24.1 Å². The van der Waals surface area contributed by atoms with E-state index in [-0.39, 0.29) is 5.78 Å². The van der Waals surface area contributed by atoms with E-state index in [9.17, 15) is 4.79 Å². The molecule has 0 N–H and O–H groups in total. The average Bonchev–Trinajstić information content (AvgIpc) is 2.81. The quantitative estimate of drug-likeness (QED) is 0.744. The number of hydrogen-bond donors (Lipinski definition) is 0. The van der Waals surface area contributed by atoms with Crippen molar-refractivity contribution in [1.29, 1.82) is 0 Å². The van der Waals surface area contributed by atoms with Gasteiger partial charge in [-0.25, -0.2) is 0 Å². The van der Waals surface area contributed by atoms with Gasteiger partial charge in [0.15, 0.2) is 5.78 Å². The summed E-state index contributed by atoms with van der Waals surface area (Å²) in [4.78, 5) is 13.5. The third-order valence-corrected chi connectivity index (χ3v) is 2.76. The standard InChI is InChI=1S/C14H12ClNO/c15-13-6-3-12(4-7-13)5-8-14(17)11-16-9-1-2-10-16/h3-4,6-7,9-10H,5,8,11H2. The zero-order valence-corrected chi connectivity index (χ0v) is 10.1. The van der Waals surface area contributed by atoms with E-state index < -0.39 is 0 Å². The van der Waals surface area contributed by atoms with Gasteiger partial charge in [0.25, 0.3) is 0 Å². The zero-order valence-electron chi connectivity index (χ0n) is 9.32. The first kappa shape index (κ1) is 11.8. The van der Waals surface area contributed by atoms with Gasteiger partial charge in [-0.15, -0.1) is 0 Å². The van der Waals surface area contributed by atoms with Crippen molar-refractivity contribution in [2.24, 2.45) is 0 Å². The van der Waals surface area contributed by atoms with Crippen LogP contribution in [0.4, 0.5) is 0 Å². The molecule has 2 rings (SSSR count). The molecule has 1 aromatic rings. The fourth-order valence-corrected chi connectivity index (χ4v) is 1.71. The van der Waals surface area contributed by atoms with Crippen LogP contribution in [0.2, 0.25) is 5.02 Å². The highest BCUT2D eigenvalue weighted by atomic mass is 35.5. The summed E-state index contributed by atoms with van der Waals surface area (Å²) in [6.07, 6.45) is 4.74. The minimum Gasteiger partial charge on any atom is -0.332 e. The SMILES string of the molecule is O=C(CCc1ccc(Cl)cc1)CN1C=C=C=C1. The van der Waals surface area contributed by atoms with Gasteiger partial charge >= 0.3 is 0 Å². The van der Waals surface area contributed by atoms with Gasteiger partial charge in [0.1, 0.15) is 0 Å². The Balaban J connectivity index is 1.78. The predicted octanol–water partition coefficient (Wildman–Crippen LogP) is 2.94. The molecule has 0 radical (unpaired) electrons. The van der Waals surface area contributed by atoms with Crippen molar-refractivity contribution in [2.75, 3.05) is 6.54 Å². The molecule has 0 saturated carbocycles. The fraction of sp³-hybridized carbons (Fsp3) is 0.214. The van der Waals surface area contributed by atoms with Crippen molar-refractivity contribution in [3.8, 4) is 0 Å². The third-order valence-electron chi connectivity index (χ3n) is 2.51. The lowest BCUT2D eigenvalue weighted by Crippen LogP contribution is -2.19. The number of hydrogen-bond acceptors (Lipinski definition) is 2. The summed E-state index contributed by atoms with van der Waals surface area (Å²) in [6.45, 7) is 0.396. The summed E-state index contributed by atoms with van der Waals surface area (Å²) in [5.41, 5.74) is 6.71. The van der Waals surface area contributed by atoms with Crippen LogP contribution in [0, 0.1) is 0 Å². The molecule has 0 saturated heterocycles. The van der Waals surface area contributed by atoms with E-state index in [0.29, 0.717) is 13.0 Å². The average molecular weight is 246 g/mol. The maximum Gasteiger partial charge on any atom is 0.152 e. The number of ketones is 1. The molecular formula is C14H12ClNO. The van der Waals surface area contributed by atoms with Crippen molar-refractivity contribution in [3.63, 3.8) is 0 Å². The molecule has 1 heterocycles. The second-order valence-electron chi connectivity index (χ2n) is 3.88. The Bertz CT molecular complexity index is 490. The molecule has 0 amide bonds. The van der Waals surface area contributed by atoms with Crippen molar-refractivity contribution < 1.29 is 4.79 Å². The van der Waals surface area contributed by atoms with E-state index in [1.54, 1.807) is 17.3 Å². The van der Waals surface area contributed by atoms with Crippen LogP contribution in [0.1, 0.15) is 12.0 Å². The third kappa shape index (κ3) is 3.65. The second-order valence-corrected chi connectivity index (χ2v) is 4.32. The number of nitrogens with zero attached hydrogens (tertiary/aromatic N) is 1. The molecule has 17 heavy (non-hydrogen) atoms. The first-order valence-electron chi connectivity index (χ1n) is 5.44. The molecule has 1 aliphatic rings. The Kier molecular flexibility index (Phi) is 3.85. The monoisotopic (exact) mass is 245 g/mol. The maximum atomic E-state index is 11.7. The molecule has 0 spiro atoms. The van der Waals surface area contributed by atoms with Crippen molar-refractivity contribution in [1.82, 2.24) is 4.90 Å². The first-order chi connectivity index (χ1) is 8.24. The Labute approximate surface area is 106 Å². The molecule has 0 fully saturated rings. The summed E-state index contributed by atoms with van der Waals surface area (Å²) in [5.74, 6) is 0.206. The van der Waals surface area contributed by atoms with E-state index in [2.05, 4.69) is 11.5 Å². The second kappa shape index (κ2) is 5.56. The summed E-state index contributed by atoms with van der Waals surface area (Å²) in [7, 11) is 0. The van der Waals surface area contributed by atoms with Crippen LogP contribution in [0.15, 0.2) is 48.1 Å². The van der Waals surface area contributed by atoms with Crippen LogP contribution in [-0.4, -0.2) is 17.2 Å². The number of halogens is 1. The Morgan fingerprint density at radius 3 is 2.47 bits per heavy atom. The van der Waals surface area contributed by atoms with E-state index in [1.165, 1.54) is 0 Å². The molecule has 86 valence electrons. The Morgan fingerprint density at radius 1 is 1.18 bits per heavy atom. The Hall–Kier alpha value is -1.72. The van der Waals surface area contributed by atoms with Gasteiger partial charge in [-0.1, -0.05) is 35.2 Å². The van der Waals surface area contributed by atoms with Crippen LogP contribution in [0.3, 0.4) is 0 Å². The van der Waals surface area contributed by atoms with Gasteiger partial charge < -0.3 is 4.90 Å². The maximum absolute atomic E-state index is 11.7. The number of Topliss-reactive ketones (excluding diaryl/α,β-unsaturated/α-hetero) is 1. The molecule has 0 aromatic heterocycles. The summed E-state index contributed by atoms with van der Waals surface area (Å²) < 4.78 is 0. The van der Waals surface area contributed by atoms with E-state index in [0.717, 1.165) is 17.0 Å². The number of carbonyl (C=O) groups excluding carboxylic acids is 1. The molecule has 0 unspecified atom stereocenters. The van der Waals surface area contributed by atoms with Crippen LogP contribution in [-0.2, 0) is 11.2 Å². The van der Waals surface area contributed by atoms with Crippen LogP contribution in [0.25, 0.3) is 0 Å². The lowest BCUT2D eigenvalue weighted by Gasteiger charge is -2.09. The predicted molar refractivity (Wildman–Crippen MR) is 67.7 cm³/mol. The van der Waals surface area contributed by atoms with E-state index in [4.69, 9.17) is 11.6 Å². The number of aryl methyl sites for hydroxylation is 1. The molecule has 0 bridgehead atoms. The van der Waals surface area contributed by atoms with Crippen LogP contribution in [0.5, 0.6) is 0 Å². The highest BCUT2D eigenvalue weighted by Gasteiger charge is 2.06. The summed E-state index contributed by atoms with van der Waals surface area (Å²) in [6, 6.07) is 7.59. The molecule has 0 aliphatic carbocycles. The fourth-order valence-electron chi connectivity index (χ4n) is 1.59. The van der Waals surface area contributed by atoms with Gasteiger partial charge in [-0.2, -0.15) is 0 Å². The highest BCUT2D eigenvalue weighted by Crippen LogP contribution is 2.11. The smallest absolute Gasteiger partial charge is 0.152 e. The Morgan fingerprint density at radius 2 is 1.82 bits per heavy atom. The minimum atomic E-state index is 0.206. The minimum absolute atomic E-state index is 0.206. The lowest BCUT2D eigenvalue weighted by molar-refractivity contribution is -0.119. The summed E-state index contributed by atoms with van der Waals surface area (Å²) in [5, 5.41) is 0.721. The molecule has 3 heteroatoms. The van der Waals surface area contributed by atoms with Gasteiger partial charge in [-0.3, -0.25) is 4.79 Å². The number of benzene rings is 1. The highest BCUT2D eigenvalue weighted by molar-refractivity contribution is 6.30. The van der Waals surface area contributed by atoms with Crippen molar-refractivity contribution >= 4 is 17.4 Å². The molecule has 2 nitrogen and oxygen atoms in total. The zero-order chi connectivity index (χ0) is 12.1. The number of carbonyl (C=O) groups is 1. The van der Waals surface area contributed by atoms with Crippen LogP contribution < -0.4 is 0 Å². The molecule has 0 atom stereocenters. The number of rotatable bonds is 5.